The van der Waals surface area contributed by atoms with E-state index in [-0.39, 0.29) is 0 Å². The van der Waals surface area contributed by atoms with Crippen molar-refractivity contribution in [3.63, 3.8) is 0 Å². The van der Waals surface area contributed by atoms with Gasteiger partial charge >= 0.3 is 7.60 Å². The largest absolute Gasteiger partial charge is 0.360 e. The van der Waals surface area contributed by atoms with Gasteiger partial charge in [-0.3, -0.25) is 4.57 Å². The summed E-state index contributed by atoms with van der Waals surface area (Å²) in [6.07, 6.45) is 0. The number of nitrogens with two attached hydrogens (primary N) is 2. The fraction of sp³-hybridized carbons (Fsp3) is 1.00. The van der Waals surface area contributed by atoms with Crippen molar-refractivity contribution in [2.75, 3.05) is 14.2 Å². The maximum atomic E-state index is 11.0. The Balaban J connectivity index is 4.11. The molecule has 0 aromatic heterocycles. The van der Waals surface area contributed by atoms with Crippen LogP contribution in [0, 0.1) is 0 Å². The van der Waals surface area contributed by atoms with Gasteiger partial charge in [0.25, 0.3) is 0 Å². The molecule has 0 rings (SSSR count). The summed E-state index contributed by atoms with van der Waals surface area (Å²) in [7, 11) is -0.731. The van der Waals surface area contributed by atoms with E-state index >= 15 is 0 Å². The van der Waals surface area contributed by atoms with Crippen molar-refractivity contribution in [3.05, 3.63) is 0 Å². The van der Waals surface area contributed by atoms with Gasteiger partial charge in [-0.2, -0.15) is 0 Å². The van der Waals surface area contributed by atoms with Crippen molar-refractivity contribution in [1.82, 2.24) is 0 Å². The number of rotatable bonds is 3. The third-order valence-corrected chi connectivity index (χ3v) is 2.62. The Hall–Kier alpha value is 0.0700. The van der Waals surface area contributed by atoms with Gasteiger partial charge < -0.3 is 20.5 Å². The minimum absolute atomic E-state index is 1.06. The molecule has 0 saturated carbocycles. The molecule has 0 fully saturated rings. The Morgan fingerprint density at radius 1 is 1.33 bits per heavy atom. The molecule has 0 amide bonds. The van der Waals surface area contributed by atoms with Crippen LogP contribution in [-0.2, 0) is 13.6 Å². The molecule has 4 N–H and O–H groups in total. The van der Waals surface area contributed by atoms with Gasteiger partial charge in [0, 0.05) is 14.2 Å². The van der Waals surface area contributed by atoms with E-state index in [0.29, 0.717) is 0 Å². The standard InChI is InChI=1S/C3H11N2O3P/c1-7-9(6,8-2)3(4)5/h3H,4-5H2,1-2H3. The average Bonchev–Trinajstić information content (AvgIpc) is 1.86. The van der Waals surface area contributed by atoms with Crippen LogP contribution in [0.15, 0.2) is 0 Å². The normalized spacial score (nSPS) is 12.6. The minimum Gasteiger partial charge on any atom is -0.310 e. The summed E-state index contributed by atoms with van der Waals surface area (Å²) < 4.78 is 19.8. The van der Waals surface area contributed by atoms with E-state index in [1.165, 1.54) is 14.2 Å². The van der Waals surface area contributed by atoms with E-state index < -0.39 is 13.5 Å². The number of hydrogen-bond acceptors (Lipinski definition) is 5. The molecule has 9 heavy (non-hydrogen) atoms. The lowest BCUT2D eigenvalue weighted by Crippen LogP contribution is -2.31. The van der Waals surface area contributed by atoms with Gasteiger partial charge in [0.05, 0.1) is 0 Å². The maximum absolute atomic E-state index is 11.0. The molecule has 0 saturated heterocycles. The van der Waals surface area contributed by atoms with Crippen molar-refractivity contribution in [2.45, 2.75) is 5.91 Å². The topological polar surface area (TPSA) is 87.6 Å². The Bertz CT molecular complexity index is 118. The summed E-state index contributed by atoms with van der Waals surface area (Å²) in [6.45, 7) is 0. The molecule has 0 heterocycles. The molecule has 0 aliphatic rings. The van der Waals surface area contributed by atoms with Crippen molar-refractivity contribution >= 4 is 7.60 Å². The first-order valence-electron chi connectivity index (χ1n) is 2.29. The van der Waals surface area contributed by atoms with Gasteiger partial charge in [0.1, 0.15) is 0 Å². The number of hydrogen-bond donors (Lipinski definition) is 2. The zero-order valence-corrected chi connectivity index (χ0v) is 6.30. The first-order valence-corrected chi connectivity index (χ1v) is 3.90. The molecule has 0 aromatic rings. The van der Waals surface area contributed by atoms with Crippen LogP contribution in [0.5, 0.6) is 0 Å². The van der Waals surface area contributed by atoms with Gasteiger partial charge in [-0.15, -0.1) is 0 Å². The van der Waals surface area contributed by atoms with E-state index in [4.69, 9.17) is 11.5 Å². The summed E-state index contributed by atoms with van der Waals surface area (Å²) in [5.41, 5.74) is 10.1. The zero-order chi connectivity index (χ0) is 7.49. The monoisotopic (exact) mass is 154 g/mol. The molecule has 0 atom stereocenters. The van der Waals surface area contributed by atoms with Gasteiger partial charge in [-0.25, -0.2) is 0 Å². The van der Waals surface area contributed by atoms with E-state index in [1.807, 2.05) is 0 Å². The fourth-order valence-corrected chi connectivity index (χ4v) is 0.954. The van der Waals surface area contributed by atoms with Crippen LogP contribution in [0.1, 0.15) is 0 Å². The van der Waals surface area contributed by atoms with Gasteiger partial charge in [0.15, 0.2) is 5.91 Å². The van der Waals surface area contributed by atoms with Crippen LogP contribution in [0.3, 0.4) is 0 Å². The summed E-state index contributed by atoms with van der Waals surface area (Å²) in [4.78, 5) is 0. The molecule has 0 aliphatic carbocycles. The highest BCUT2D eigenvalue weighted by molar-refractivity contribution is 7.54. The minimum atomic E-state index is -3.20. The van der Waals surface area contributed by atoms with Gasteiger partial charge in [-0.1, -0.05) is 0 Å². The van der Waals surface area contributed by atoms with Gasteiger partial charge in [0.2, 0.25) is 0 Å². The van der Waals surface area contributed by atoms with Crippen LogP contribution in [0.25, 0.3) is 0 Å². The van der Waals surface area contributed by atoms with Crippen molar-refractivity contribution in [1.29, 1.82) is 0 Å². The lowest BCUT2D eigenvalue weighted by atomic mass is 11.2. The average molecular weight is 154 g/mol. The lowest BCUT2D eigenvalue weighted by molar-refractivity contribution is 0.266. The molecule has 0 spiro atoms. The zero-order valence-electron chi connectivity index (χ0n) is 5.40. The van der Waals surface area contributed by atoms with E-state index in [1.54, 1.807) is 0 Å². The maximum Gasteiger partial charge on any atom is 0.360 e. The predicted molar refractivity (Wildman–Crippen MR) is 33.8 cm³/mol. The molecule has 5 nitrogen and oxygen atoms in total. The molecule has 0 unspecified atom stereocenters. The van der Waals surface area contributed by atoms with Gasteiger partial charge in [-0.05, 0) is 0 Å². The van der Waals surface area contributed by atoms with E-state index in [9.17, 15) is 4.57 Å². The molecular weight excluding hydrogens is 143 g/mol. The van der Waals surface area contributed by atoms with Crippen LogP contribution in [0.4, 0.5) is 0 Å². The highest BCUT2D eigenvalue weighted by Gasteiger charge is 2.26. The lowest BCUT2D eigenvalue weighted by Gasteiger charge is -2.15. The Morgan fingerprint density at radius 3 is 1.67 bits per heavy atom. The molecule has 0 aromatic carbocycles. The van der Waals surface area contributed by atoms with Crippen molar-refractivity contribution in [2.24, 2.45) is 11.5 Å². The van der Waals surface area contributed by atoms with E-state index in [0.717, 1.165) is 0 Å². The summed E-state index contributed by atoms with van der Waals surface area (Å²) >= 11 is 0. The van der Waals surface area contributed by atoms with Crippen LogP contribution in [-0.4, -0.2) is 20.1 Å². The fourth-order valence-electron chi connectivity index (χ4n) is 0.318. The second kappa shape index (κ2) is 3.29. The second-order valence-corrected chi connectivity index (χ2v) is 3.80. The molecule has 56 valence electrons. The summed E-state index contributed by atoms with van der Waals surface area (Å²) in [5.74, 6) is -1.06. The molecule has 0 aliphatic heterocycles. The van der Waals surface area contributed by atoms with Crippen molar-refractivity contribution in [3.8, 4) is 0 Å². The third kappa shape index (κ3) is 2.04. The smallest absolute Gasteiger partial charge is 0.310 e. The second-order valence-electron chi connectivity index (χ2n) is 1.40. The molecule has 0 bridgehead atoms. The third-order valence-electron chi connectivity index (χ3n) is 0.874. The highest BCUT2D eigenvalue weighted by Crippen LogP contribution is 2.46. The Labute approximate surface area is 53.8 Å². The van der Waals surface area contributed by atoms with Crippen LogP contribution < -0.4 is 11.5 Å². The molecule has 0 radical (unpaired) electrons. The summed E-state index contributed by atoms with van der Waals surface area (Å²) in [6, 6.07) is 0. The predicted octanol–water partition coefficient (Wildman–Crippen LogP) is -0.327. The highest BCUT2D eigenvalue weighted by atomic mass is 31.2. The van der Waals surface area contributed by atoms with E-state index in [2.05, 4.69) is 9.05 Å². The molecule has 6 heteroatoms. The van der Waals surface area contributed by atoms with Crippen LogP contribution in [0.2, 0.25) is 0 Å². The first kappa shape index (κ1) is 9.07. The Kier molecular flexibility index (Phi) is 3.32. The first-order chi connectivity index (χ1) is 4.06. The SMILES string of the molecule is COP(=O)(OC)C(N)N. The summed E-state index contributed by atoms with van der Waals surface area (Å²) in [5, 5.41) is 0. The quantitative estimate of drug-likeness (QED) is 0.429. The molecular formula is C3H11N2O3P. The van der Waals surface area contributed by atoms with Crippen LogP contribution >= 0.6 is 7.60 Å². The van der Waals surface area contributed by atoms with Crippen molar-refractivity contribution < 1.29 is 13.6 Å². The Morgan fingerprint density at radius 2 is 1.67 bits per heavy atom.